The second-order valence-electron chi connectivity index (χ2n) is 10.2. The van der Waals surface area contributed by atoms with Gasteiger partial charge >= 0.3 is 0 Å². The van der Waals surface area contributed by atoms with Crippen molar-refractivity contribution in [3.05, 3.63) is 94.8 Å². The van der Waals surface area contributed by atoms with E-state index in [0.717, 1.165) is 11.1 Å². The number of pyridine rings is 1. The Balaban J connectivity index is 1.86. The number of ether oxygens (including phenoxy) is 2. The molecule has 1 saturated heterocycles. The molecule has 1 aliphatic rings. The van der Waals surface area contributed by atoms with Crippen LogP contribution in [-0.4, -0.2) is 40.4 Å². The van der Waals surface area contributed by atoms with Crippen LogP contribution < -0.4 is 9.47 Å². The van der Waals surface area contributed by atoms with E-state index in [1.165, 1.54) is 4.90 Å². The number of rotatable bonds is 9. The van der Waals surface area contributed by atoms with Gasteiger partial charge in [0, 0.05) is 24.5 Å². The minimum absolute atomic E-state index is 0.0415. The molecule has 3 aromatic rings. The van der Waals surface area contributed by atoms with Gasteiger partial charge in [0.15, 0.2) is 0 Å². The number of amides is 1. The van der Waals surface area contributed by atoms with Crippen LogP contribution in [0.1, 0.15) is 61.9 Å². The van der Waals surface area contributed by atoms with E-state index in [2.05, 4.69) is 18.8 Å². The Morgan fingerprint density at radius 1 is 1.05 bits per heavy atom. The molecule has 1 atom stereocenters. The predicted molar refractivity (Wildman–Crippen MR) is 146 cm³/mol. The fourth-order valence-electron chi connectivity index (χ4n) is 4.60. The molecule has 1 amide bonds. The number of benzene rings is 2. The van der Waals surface area contributed by atoms with Gasteiger partial charge < -0.3 is 19.5 Å². The summed E-state index contributed by atoms with van der Waals surface area (Å²) in [6.07, 6.45) is 3.32. The van der Waals surface area contributed by atoms with E-state index < -0.39 is 17.7 Å². The number of aliphatic hydroxyl groups is 1. The molecular weight excluding hydrogens is 480 g/mol. The number of aliphatic hydroxyl groups excluding tert-OH is 1. The van der Waals surface area contributed by atoms with Crippen LogP contribution in [0.15, 0.2) is 72.6 Å². The molecule has 0 spiro atoms. The number of carbonyl (C=O) groups excluding carboxylic acids is 2. The molecule has 0 aliphatic carbocycles. The Morgan fingerprint density at radius 3 is 2.50 bits per heavy atom. The van der Waals surface area contributed by atoms with E-state index in [4.69, 9.17) is 9.47 Å². The average Bonchev–Trinajstić information content (AvgIpc) is 3.16. The van der Waals surface area contributed by atoms with Crippen LogP contribution in [-0.2, 0) is 16.1 Å². The third-order valence-corrected chi connectivity index (χ3v) is 6.50. The maximum Gasteiger partial charge on any atom is 0.295 e. The Bertz CT molecular complexity index is 1350. The van der Waals surface area contributed by atoms with Crippen LogP contribution in [0.3, 0.4) is 0 Å². The number of aromatic nitrogens is 1. The first-order valence-electron chi connectivity index (χ1n) is 12.8. The number of nitrogens with zero attached hydrogens (tertiary/aromatic N) is 2. The number of methoxy groups -OCH3 is 1. The van der Waals surface area contributed by atoms with Crippen molar-refractivity contribution in [1.29, 1.82) is 0 Å². The summed E-state index contributed by atoms with van der Waals surface area (Å²) in [7, 11) is 1.60. The van der Waals surface area contributed by atoms with Crippen molar-refractivity contribution in [2.24, 2.45) is 5.92 Å². The standard InChI is InChI=1S/C31H34N2O5/c1-19(2)18-38-24-10-6-9-22(14-24)28-27(29(34)23-11-12-26(37-5)25(15-23)20(3)4)30(35)31(36)33(28)17-21-8-7-13-32-16-21/h6-16,19-20,28,34H,17-18H2,1-5H3/b29-27+. The van der Waals surface area contributed by atoms with Gasteiger partial charge in [-0.3, -0.25) is 14.6 Å². The number of ketones is 1. The topological polar surface area (TPSA) is 89.0 Å². The number of hydrogen-bond acceptors (Lipinski definition) is 6. The molecule has 1 unspecified atom stereocenters. The lowest BCUT2D eigenvalue weighted by molar-refractivity contribution is -0.140. The molecule has 1 aromatic heterocycles. The van der Waals surface area contributed by atoms with E-state index >= 15 is 0 Å². The van der Waals surface area contributed by atoms with Gasteiger partial charge in [0.1, 0.15) is 17.3 Å². The van der Waals surface area contributed by atoms with Gasteiger partial charge in [0.25, 0.3) is 11.7 Å². The van der Waals surface area contributed by atoms with Gasteiger partial charge in [0.05, 0.1) is 25.3 Å². The highest BCUT2D eigenvalue weighted by Gasteiger charge is 2.46. The zero-order valence-electron chi connectivity index (χ0n) is 22.5. The zero-order chi connectivity index (χ0) is 27.4. The summed E-state index contributed by atoms with van der Waals surface area (Å²) in [5.74, 6) is 0.157. The Kier molecular flexibility index (Phi) is 8.15. The second kappa shape index (κ2) is 11.5. The molecule has 38 heavy (non-hydrogen) atoms. The first-order valence-corrected chi connectivity index (χ1v) is 12.8. The lowest BCUT2D eigenvalue weighted by atomic mass is 9.93. The predicted octanol–water partition coefficient (Wildman–Crippen LogP) is 5.87. The van der Waals surface area contributed by atoms with Gasteiger partial charge in [-0.05, 0) is 64.9 Å². The maximum atomic E-state index is 13.5. The molecule has 2 heterocycles. The lowest BCUT2D eigenvalue weighted by Gasteiger charge is -2.26. The smallest absolute Gasteiger partial charge is 0.295 e. The normalized spacial score (nSPS) is 16.9. The minimum atomic E-state index is -0.803. The van der Waals surface area contributed by atoms with E-state index in [9.17, 15) is 14.7 Å². The first kappa shape index (κ1) is 26.9. The van der Waals surface area contributed by atoms with Crippen molar-refractivity contribution >= 4 is 17.4 Å². The first-order chi connectivity index (χ1) is 18.2. The van der Waals surface area contributed by atoms with Crippen LogP contribution in [0.25, 0.3) is 5.76 Å². The molecule has 0 radical (unpaired) electrons. The van der Waals surface area contributed by atoms with Crippen LogP contribution in [0.2, 0.25) is 0 Å². The largest absolute Gasteiger partial charge is 0.507 e. The molecule has 4 rings (SSSR count). The highest BCUT2D eigenvalue weighted by molar-refractivity contribution is 6.46. The quantitative estimate of drug-likeness (QED) is 0.218. The summed E-state index contributed by atoms with van der Waals surface area (Å²) >= 11 is 0. The number of hydrogen-bond donors (Lipinski definition) is 1. The van der Waals surface area contributed by atoms with Crippen molar-refractivity contribution in [3.8, 4) is 11.5 Å². The summed E-state index contributed by atoms with van der Waals surface area (Å²) in [5, 5.41) is 11.5. The van der Waals surface area contributed by atoms with Crippen molar-refractivity contribution in [3.63, 3.8) is 0 Å². The Labute approximate surface area is 223 Å². The number of Topliss-reactive ketones (excluding diaryl/α,β-unsaturated/α-hetero) is 1. The lowest BCUT2D eigenvalue weighted by Crippen LogP contribution is -2.29. The van der Waals surface area contributed by atoms with E-state index in [1.54, 1.807) is 37.7 Å². The fourth-order valence-corrected chi connectivity index (χ4v) is 4.60. The maximum absolute atomic E-state index is 13.5. The average molecular weight is 515 g/mol. The molecule has 7 heteroatoms. The second-order valence-corrected chi connectivity index (χ2v) is 10.2. The van der Waals surface area contributed by atoms with E-state index in [1.807, 2.05) is 50.2 Å². The number of carbonyl (C=O) groups is 2. The molecule has 7 nitrogen and oxygen atoms in total. The van der Waals surface area contributed by atoms with Gasteiger partial charge in [-0.25, -0.2) is 0 Å². The summed E-state index contributed by atoms with van der Waals surface area (Å²) in [6, 6.07) is 15.5. The minimum Gasteiger partial charge on any atom is -0.507 e. The molecular formula is C31H34N2O5. The summed E-state index contributed by atoms with van der Waals surface area (Å²) in [4.78, 5) is 32.5. The summed E-state index contributed by atoms with van der Waals surface area (Å²) in [6.45, 7) is 8.87. The number of likely N-dealkylation sites (tertiary alicyclic amines) is 1. The Morgan fingerprint density at radius 2 is 1.84 bits per heavy atom. The van der Waals surface area contributed by atoms with Crippen LogP contribution >= 0.6 is 0 Å². The van der Waals surface area contributed by atoms with Crippen molar-refractivity contribution < 1.29 is 24.2 Å². The molecule has 1 aliphatic heterocycles. The molecule has 2 aromatic carbocycles. The highest BCUT2D eigenvalue weighted by atomic mass is 16.5. The molecule has 1 fully saturated rings. The van der Waals surface area contributed by atoms with Gasteiger partial charge in [0.2, 0.25) is 0 Å². The van der Waals surface area contributed by atoms with Gasteiger partial charge in [-0.2, -0.15) is 0 Å². The van der Waals surface area contributed by atoms with E-state index in [0.29, 0.717) is 35.2 Å². The summed E-state index contributed by atoms with van der Waals surface area (Å²) < 4.78 is 11.4. The van der Waals surface area contributed by atoms with Crippen molar-refractivity contribution in [2.75, 3.05) is 13.7 Å². The molecule has 0 bridgehead atoms. The summed E-state index contributed by atoms with van der Waals surface area (Å²) in [5.41, 5.74) is 2.83. The van der Waals surface area contributed by atoms with Crippen LogP contribution in [0, 0.1) is 5.92 Å². The van der Waals surface area contributed by atoms with E-state index in [-0.39, 0.29) is 23.8 Å². The van der Waals surface area contributed by atoms with Crippen LogP contribution in [0.4, 0.5) is 0 Å². The molecule has 0 saturated carbocycles. The highest BCUT2D eigenvalue weighted by Crippen LogP contribution is 2.42. The fraction of sp³-hybridized carbons (Fsp3) is 0.323. The van der Waals surface area contributed by atoms with Crippen molar-refractivity contribution in [1.82, 2.24) is 9.88 Å². The van der Waals surface area contributed by atoms with Gasteiger partial charge in [-0.15, -0.1) is 0 Å². The third-order valence-electron chi connectivity index (χ3n) is 6.50. The zero-order valence-corrected chi connectivity index (χ0v) is 22.5. The SMILES string of the molecule is COc1ccc(/C(O)=C2\C(=O)C(=O)N(Cc3cccnc3)C2c2cccc(OCC(C)C)c2)cc1C(C)C. The third kappa shape index (κ3) is 5.57. The van der Waals surface area contributed by atoms with Crippen molar-refractivity contribution in [2.45, 2.75) is 46.2 Å². The molecule has 1 N–H and O–H groups in total. The van der Waals surface area contributed by atoms with Gasteiger partial charge in [-0.1, -0.05) is 45.9 Å². The Hall–Kier alpha value is -4.13. The van der Waals surface area contributed by atoms with Crippen LogP contribution in [0.5, 0.6) is 11.5 Å². The molecule has 198 valence electrons. The monoisotopic (exact) mass is 514 g/mol.